The lowest BCUT2D eigenvalue weighted by Crippen LogP contribution is -2.39. The molecule has 0 bridgehead atoms. The summed E-state index contributed by atoms with van der Waals surface area (Å²) >= 11 is 15.9. The van der Waals surface area contributed by atoms with E-state index in [0.717, 1.165) is 0 Å². The van der Waals surface area contributed by atoms with Gasteiger partial charge >= 0.3 is 0 Å². The minimum absolute atomic E-state index is 0.202. The van der Waals surface area contributed by atoms with E-state index in [1.807, 2.05) is 0 Å². The lowest BCUT2D eigenvalue weighted by molar-refractivity contribution is -0.135. The standard InChI is InChI=1S/C11H13Cl3O5/c12-9(15)4-18-6-1-2-7(11(14)17)8(3-6)19-5-10(13)16/h6-8H,1-5H2. The van der Waals surface area contributed by atoms with Gasteiger partial charge in [0.1, 0.15) is 13.2 Å². The summed E-state index contributed by atoms with van der Waals surface area (Å²) in [4.78, 5) is 32.6. The van der Waals surface area contributed by atoms with Crippen molar-refractivity contribution < 1.29 is 23.9 Å². The summed E-state index contributed by atoms with van der Waals surface area (Å²) in [6.45, 7) is -0.499. The molecular formula is C11H13Cl3O5. The first kappa shape index (κ1) is 16.9. The number of halogens is 3. The maximum absolute atomic E-state index is 11.3. The molecule has 3 unspecified atom stereocenters. The van der Waals surface area contributed by atoms with E-state index in [2.05, 4.69) is 0 Å². The van der Waals surface area contributed by atoms with Gasteiger partial charge in [-0.1, -0.05) is 0 Å². The number of hydrogen-bond acceptors (Lipinski definition) is 5. The first-order valence-electron chi connectivity index (χ1n) is 5.69. The van der Waals surface area contributed by atoms with Gasteiger partial charge in [-0.15, -0.1) is 0 Å². The summed E-state index contributed by atoms with van der Waals surface area (Å²) in [5, 5.41) is -1.76. The molecule has 19 heavy (non-hydrogen) atoms. The molecule has 1 fully saturated rings. The number of carbonyl (C=O) groups is 3. The van der Waals surface area contributed by atoms with E-state index in [-0.39, 0.29) is 19.3 Å². The Bertz CT molecular complexity index is 360. The Morgan fingerprint density at radius 1 is 0.947 bits per heavy atom. The summed E-state index contributed by atoms with van der Waals surface area (Å²) in [5.74, 6) is -0.496. The average molecular weight is 332 g/mol. The summed E-state index contributed by atoms with van der Waals surface area (Å²) < 4.78 is 10.5. The molecule has 0 amide bonds. The second-order valence-electron chi connectivity index (χ2n) is 4.22. The zero-order valence-electron chi connectivity index (χ0n) is 9.94. The number of ether oxygens (including phenoxy) is 2. The van der Waals surface area contributed by atoms with Gasteiger partial charge in [-0.05, 0) is 47.6 Å². The Morgan fingerprint density at radius 2 is 1.53 bits per heavy atom. The van der Waals surface area contributed by atoms with Crippen molar-refractivity contribution in [2.45, 2.75) is 31.5 Å². The summed E-state index contributed by atoms with van der Waals surface area (Å²) in [6, 6.07) is 0. The van der Waals surface area contributed by atoms with E-state index < -0.39 is 27.7 Å². The van der Waals surface area contributed by atoms with Gasteiger partial charge in [-0.25, -0.2) is 0 Å². The van der Waals surface area contributed by atoms with Crippen molar-refractivity contribution in [1.29, 1.82) is 0 Å². The van der Waals surface area contributed by atoms with Crippen LogP contribution in [0.3, 0.4) is 0 Å². The molecule has 108 valence electrons. The van der Waals surface area contributed by atoms with E-state index >= 15 is 0 Å². The maximum Gasteiger partial charge on any atom is 0.247 e. The molecule has 0 spiro atoms. The van der Waals surface area contributed by atoms with Gasteiger partial charge in [0, 0.05) is 6.42 Å². The third-order valence-electron chi connectivity index (χ3n) is 2.88. The highest BCUT2D eigenvalue weighted by atomic mass is 35.5. The Hall–Kier alpha value is -0.200. The minimum Gasteiger partial charge on any atom is -0.369 e. The van der Waals surface area contributed by atoms with Gasteiger partial charge in [0.2, 0.25) is 15.7 Å². The predicted octanol–water partition coefficient (Wildman–Crippen LogP) is 1.85. The van der Waals surface area contributed by atoms with Crippen molar-refractivity contribution in [3.63, 3.8) is 0 Å². The van der Waals surface area contributed by atoms with Crippen LogP contribution >= 0.6 is 34.8 Å². The second kappa shape index (κ2) is 8.17. The van der Waals surface area contributed by atoms with Crippen LogP contribution in [-0.2, 0) is 23.9 Å². The van der Waals surface area contributed by atoms with Gasteiger partial charge in [0.15, 0.2) is 0 Å². The Kier molecular flexibility index (Phi) is 7.25. The molecule has 0 N–H and O–H groups in total. The first-order valence-corrected chi connectivity index (χ1v) is 6.82. The monoisotopic (exact) mass is 330 g/mol. The Labute approximate surface area is 125 Å². The number of carbonyl (C=O) groups excluding carboxylic acids is 3. The zero-order valence-corrected chi connectivity index (χ0v) is 12.2. The van der Waals surface area contributed by atoms with Gasteiger partial charge in [-0.2, -0.15) is 0 Å². The van der Waals surface area contributed by atoms with Crippen LogP contribution in [0.2, 0.25) is 0 Å². The smallest absolute Gasteiger partial charge is 0.247 e. The molecule has 0 radical (unpaired) electrons. The zero-order chi connectivity index (χ0) is 14.4. The topological polar surface area (TPSA) is 69.7 Å². The lowest BCUT2D eigenvalue weighted by atomic mass is 9.85. The van der Waals surface area contributed by atoms with Crippen molar-refractivity contribution in [2.75, 3.05) is 13.2 Å². The van der Waals surface area contributed by atoms with Gasteiger partial charge in [0.25, 0.3) is 0 Å². The van der Waals surface area contributed by atoms with Crippen molar-refractivity contribution in [3.8, 4) is 0 Å². The van der Waals surface area contributed by atoms with Crippen molar-refractivity contribution in [1.82, 2.24) is 0 Å². The molecule has 3 atom stereocenters. The highest BCUT2D eigenvalue weighted by Crippen LogP contribution is 2.30. The van der Waals surface area contributed by atoms with Crippen LogP contribution in [0.5, 0.6) is 0 Å². The molecule has 8 heteroatoms. The molecular weight excluding hydrogens is 318 g/mol. The normalized spacial score (nSPS) is 27.0. The molecule has 1 aliphatic rings. The summed E-state index contributed by atoms with van der Waals surface area (Å²) in [6.07, 6.45) is 0.589. The Morgan fingerprint density at radius 3 is 2.05 bits per heavy atom. The second-order valence-corrected chi connectivity index (χ2v) is 5.43. The third-order valence-corrected chi connectivity index (χ3v) is 3.38. The van der Waals surface area contributed by atoms with Gasteiger partial charge < -0.3 is 9.47 Å². The maximum atomic E-state index is 11.3. The first-order chi connectivity index (χ1) is 8.90. The molecule has 1 rings (SSSR count). The van der Waals surface area contributed by atoms with Crippen LogP contribution < -0.4 is 0 Å². The number of rotatable bonds is 7. The van der Waals surface area contributed by atoms with Crippen LogP contribution in [0, 0.1) is 5.92 Å². The number of hydrogen-bond donors (Lipinski definition) is 0. The SMILES string of the molecule is O=C(Cl)COC1CCC(C(=O)Cl)C(OCC(=O)Cl)C1. The predicted molar refractivity (Wildman–Crippen MR) is 69.4 cm³/mol. The molecule has 1 saturated carbocycles. The van der Waals surface area contributed by atoms with Crippen molar-refractivity contribution in [2.24, 2.45) is 5.92 Å². The van der Waals surface area contributed by atoms with E-state index in [0.29, 0.717) is 19.3 Å². The summed E-state index contributed by atoms with van der Waals surface area (Å²) in [5.41, 5.74) is 0. The molecule has 0 aromatic rings. The molecule has 0 aromatic heterocycles. The van der Waals surface area contributed by atoms with Crippen LogP contribution in [0.25, 0.3) is 0 Å². The fourth-order valence-corrected chi connectivity index (χ4v) is 2.42. The largest absolute Gasteiger partial charge is 0.369 e. The van der Waals surface area contributed by atoms with Crippen molar-refractivity contribution in [3.05, 3.63) is 0 Å². The highest BCUT2D eigenvalue weighted by Gasteiger charge is 2.35. The van der Waals surface area contributed by atoms with Crippen LogP contribution in [-0.4, -0.2) is 41.1 Å². The molecule has 0 heterocycles. The quantitative estimate of drug-likeness (QED) is 0.666. The van der Waals surface area contributed by atoms with E-state index in [1.54, 1.807) is 0 Å². The molecule has 0 aliphatic heterocycles. The van der Waals surface area contributed by atoms with Crippen LogP contribution in [0.15, 0.2) is 0 Å². The van der Waals surface area contributed by atoms with E-state index in [1.165, 1.54) is 0 Å². The minimum atomic E-state index is -0.653. The van der Waals surface area contributed by atoms with Crippen LogP contribution in [0.4, 0.5) is 0 Å². The van der Waals surface area contributed by atoms with E-state index in [9.17, 15) is 14.4 Å². The van der Waals surface area contributed by atoms with Crippen LogP contribution in [0.1, 0.15) is 19.3 Å². The van der Waals surface area contributed by atoms with Gasteiger partial charge in [-0.3, -0.25) is 14.4 Å². The Balaban J connectivity index is 2.55. The van der Waals surface area contributed by atoms with Gasteiger partial charge in [0.05, 0.1) is 18.1 Å². The summed E-state index contributed by atoms with van der Waals surface area (Å²) in [7, 11) is 0. The lowest BCUT2D eigenvalue weighted by Gasteiger charge is -2.33. The third kappa shape index (κ3) is 6.19. The van der Waals surface area contributed by atoms with E-state index in [4.69, 9.17) is 44.3 Å². The van der Waals surface area contributed by atoms with Crippen molar-refractivity contribution >= 4 is 50.5 Å². The average Bonchev–Trinajstić information content (AvgIpc) is 2.33. The molecule has 0 aromatic carbocycles. The fraction of sp³-hybridized carbons (Fsp3) is 0.727. The molecule has 0 saturated heterocycles. The highest BCUT2D eigenvalue weighted by molar-refractivity contribution is 6.64. The molecule has 5 nitrogen and oxygen atoms in total. The fourth-order valence-electron chi connectivity index (χ4n) is 2.04. The molecule has 1 aliphatic carbocycles.